The minimum absolute atomic E-state index is 0.180. The fourth-order valence-electron chi connectivity index (χ4n) is 3.83. The lowest BCUT2D eigenvalue weighted by Gasteiger charge is -2.14. The Morgan fingerprint density at radius 3 is 1.55 bits per heavy atom. The van der Waals surface area contributed by atoms with Crippen molar-refractivity contribution in [3.63, 3.8) is 0 Å². The first kappa shape index (κ1) is 28.0. The summed E-state index contributed by atoms with van der Waals surface area (Å²) in [6, 6.07) is 27.1. The lowest BCUT2D eigenvalue weighted by atomic mass is 10.2. The third-order valence-electron chi connectivity index (χ3n) is 5.75. The van der Waals surface area contributed by atoms with E-state index in [0.717, 1.165) is 16.9 Å². The van der Waals surface area contributed by atoms with Gasteiger partial charge in [0, 0.05) is 23.5 Å². The van der Waals surface area contributed by atoms with Crippen LogP contribution in [-0.2, 0) is 9.59 Å². The van der Waals surface area contributed by atoms with Gasteiger partial charge in [-0.25, -0.2) is 0 Å². The van der Waals surface area contributed by atoms with Crippen molar-refractivity contribution in [2.24, 2.45) is 0 Å². The number of hydrogen-bond donors (Lipinski definition) is 2. The Kier molecular flexibility index (Phi) is 9.61. The van der Waals surface area contributed by atoms with Gasteiger partial charge < -0.3 is 29.6 Å². The summed E-state index contributed by atoms with van der Waals surface area (Å²) in [7, 11) is 0. The molecule has 0 bridgehead atoms. The van der Waals surface area contributed by atoms with E-state index in [9.17, 15) is 9.59 Å². The predicted molar refractivity (Wildman–Crippen MR) is 155 cm³/mol. The van der Waals surface area contributed by atoms with E-state index in [-0.39, 0.29) is 25.0 Å². The average molecular weight is 541 g/mol. The second kappa shape index (κ2) is 13.7. The molecule has 0 atom stereocenters. The van der Waals surface area contributed by atoms with Gasteiger partial charge in [-0.15, -0.1) is 0 Å². The number of rotatable bonds is 12. The van der Waals surface area contributed by atoms with Crippen molar-refractivity contribution in [1.82, 2.24) is 0 Å². The maximum absolute atomic E-state index is 12.7. The van der Waals surface area contributed by atoms with E-state index in [4.69, 9.17) is 18.9 Å². The van der Waals surface area contributed by atoms with Crippen LogP contribution in [0.1, 0.15) is 18.1 Å². The molecule has 0 saturated heterocycles. The molecule has 2 amide bonds. The van der Waals surface area contributed by atoms with Gasteiger partial charge in [0.25, 0.3) is 11.8 Å². The highest BCUT2D eigenvalue weighted by atomic mass is 16.5. The summed E-state index contributed by atoms with van der Waals surface area (Å²) in [6.07, 6.45) is 0. The molecule has 0 aromatic heterocycles. The number of anilines is 2. The highest BCUT2D eigenvalue weighted by molar-refractivity contribution is 5.95. The van der Waals surface area contributed by atoms with Crippen LogP contribution in [0.15, 0.2) is 91.0 Å². The Hall–Kier alpha value is -4.98. The molecule has 0 saturated carbocycles. The standard InChI is InChI=1S/C32H32N2O6/c1-4-37-26-13-15-27(16-14-26)40-28-18-24(33-31(35)20-38-29-11-7-5-9-22(29)2)17-25(19-28)34-32(36)21-39-30-12-8-6-10-23(30)3/h5-19H,4,20-21H2,1-3H3,(H,33,35)(H,34,36). The Morgan fingerprint density at radius 1 is 0.600 bits per heavy atom. The van der Waals surface area contributed by atoms with Gasteiger partial charge in [0.15, 0.2) is 13.2 Å². The Morgan fingerprint density at radius 2 is 1.07 bits per heavy atom. The number of carbonyl (C=O) groups is 2. The van der Waals surface area contributed by atoms with Crippen molar-refractivity contribution >= 4 is 23.2 Å². The van der Waals surface area contributed by atoms with Crippen molar-refractivity contribution in [3.05, 3.63) is 102 Å². The summed E-state index contributed by atoms with van der Waals surface area (Å²) in [4.78, 5) is 25.4. The van der Waals surface area contributed by atoms with Gasteiger partial charge >= 0.3 is 0 Å². The molecule has 0 aliphatic heterocycles. The molecule has 4 aromatic rings. The molecule has 0 spiro atoms. The molecule has 4 aromatic carbocycles. The van der Waals surface area contributed by atoms with E-state index in [1.807, 2.05) is 57.2 Å². The molecule has 4 rings (SSSR count). The summed E-state index contributed by atoms with van der Waals surface area (Å²) in [5.41, 5.74) is 2.71. The molecule has 0 radical (unpaired) electrons. The SMILES string of the molecule is CCOc1ccc(Oc2cc(NC(=O)COc3ccccc3C)cc(NC(=O)COc3ccccc3C)c2)cc1. The minimum atomic E-state index is -0.360. The van der Waals surface area contributed by atoms with Gasteiger partial charge in [0.05, 0.1) is 6.61 Å². The van der Waals surface area contributed by atoms with Crippen LogP contribution in [0.3, 0.4) is 0 Å². The molecule has 0 unspecified atom stereocenters. The average Bonchev–Trinajstić information content (AvgIpc) is 2.93. The molecule has 40 heavy (non-hydrogen) atoms. The van der Waals surface area contributed by atoms with Crippen molar-refractivity contribution in [1.29, 1.82) is 0 Å². The largest absolute Gasteiger partial charge is 0.494 e. The normalized spacial score (nSPS) is 10.4. The van der Waals surface area contributed by atoms with Crippen molar-refractivity contribution < 1.29 is 28.5 Å². The summed E-state index contributed by atoms with van der Waals surface area (Å²) in [5, 5.41) is 5.63. The first-order valence-electron chi connectivity index (χ1n) is 12.9. The predicted octanol–water partition coefficient (Wildman–Crippen LogP) is 6.53. The molecule has 8 heteroatoms. The van der Waals surface area contributed by atoms with E-state index in [1.54, 1.807) is 54.6 Å². The Balaban J connectivity index is 1.47. The Bertz CT molecular complexity index is 1370. The van der Waals surface area contributed by atoms with Crippen molar-refractivity contribution in [2.45, 2.75) is 20.8 Å². The zero-order valence-electron chi connectivity index (χ0n) is 22.7. The topological polar surface area (TPSA) is 95.1 Å². The molecule has 2 N–H and O–H groups in total. The van der Waals surface area contributed by atoms with Crippen LogP contribution in [-0.4, -0.2) is 31.6 Å². The van der Waals surface area contributed by atoms with Crippen molar-refractivity contribution in [2.75, 3.05) is 30.5 Å². The molecule has 0 aliphatic rings. The van der Waals surface area contributed by atoms with Crippen LogP contribution in [0.25, 0.3) is 0 Å². The highest BCUT2D eigenvalue weighted by Gasteiger charge is 2.12. The first-order chi connectivity index (χ1) is 19.4. The summed E-state index contributed by atoms with van der Waals surface area (Å²) in [5.74, 6) is 2.25. The van der Waals surface area contributed by atoms with Gasteiger partial charge in [-0.05, 0) is 74.4 Å². The second-order valence-electron chi connectivity index (χ2n) is 8.96. The third-order valence-corrected chi connectivity index (χ3v) is 5.75. The van der Waals surface area contributed by atoms with Crippen LogP contribution in [0.2, 0.25) is 0 Å². The number of carbonyl (C=O) groups excluding carboxylic acids is 2. The van der Waals surface area contributed by atoms with Crippen molar-refractivity contribution in [3.8, 4) is 28.7 Å². The van der Waals surface area contributed by atoms with Crippen LogP contribution in [0.4, 0.5) is 11.4 Å². The summed E-state index contributed by atoms with van der Waals surface area (Å²) in [6.45, 7) is 5.94. The van der Waals surface area contributed by atoms with E-state index < -0.39 is 0 Å². The monoisotopic (exact) mass is 540 g/mol. The fraction of sp³-hybridized carbons (Fsp3) is 0.188. The molecule has 0 heterocycles. The van der Waals surface area contributed by atoms with Crippen LogP contribution in [0, 0.1) is 13.8 Å². The molecular weight excluding hydrogens is 508 g/mol. The minimum Gasteiger partial charge on any atom is -0.494 e. The molecule has 0 aliphatic carbocycles. The summed E-state index contributed by atoms with van der Waals surface area (Å²) >= 11 is 0. The van der Waals surface area contributed by atoms with Gasteiger partial charge in [0.2, 0.25) is 0 Å². The quantitative estimate of drug-likeness (QED) is 0.212. The second-order valence-corrected chi connectivity index (χ2v) is 8.96. The number of aryl methyl sites for hydroxylation is 2. The number of hydrogen-bond acceptors (Lipinski definition) is 6. The van der Waals surface area contributed by atoms with Gasteiger partial charge in [-0.2, -0.15) is 0 Å². The van der Waals surface area contributed by atoms with Gasteiger partial charge in [0.1, 0.15) is 28.7 Å². The zero-order chi connectivity index (χ0) is 28.3. The molecule has 0 fully saturated rings. The maximum atomic E-state index is 12.7. The molecule has 8 nitrogen and oxygen atoms in total. The smallest absolute Gasteiger partial charge is 0.262 e. The van der Waals surface area contributed by atoms with E-state index in [0.29, 0.717) is 41.0 Å². The maximum Gasteiger partial charge on any atom is 0.262 e. The first-order valence-corrected chi connectivity index (χ1v) is 12.9. The Labute approximate surface area is 233 Å². The van der Waals surface area contributed by atoms with Crippen LogP contribution in [0.5, 0.6) is 28.7 Å². The number of benzene rings is 4. The molecule has 206 valence electrons. The van der Waals surface area contributed by atoms with Gasteiger partial charge in [-0.1, -0.05) is 36.4 Å². The number of para-hydroxylation sites is 2. The third kappa shape index (κ3) is 8.26. The van der Waals surface area contributed by atoms with E-state index >= 15 is 0 Å². The van der Waals surface area contributed by atoms with Crippen LogP contribution < -0.4 is 29.6 Å². The number of nitrogens with one attached hydrogen (secondary N) is 2. The van der Waals surface area contributed by atoms with Crippen LogP contribution >= 0.6 is 0 Å². The molecular formula is C32H32N2O6. The van der Waals surface area contributed by atoms with Gasteiger partial charge in [-0.3, -0.25) is 9.59 Å². The number of amides is 2. The zero-order valence-corrected chi connectivity index (χ0v) is 22.7. The summed E-state index contributed by atoms with van der Waals surface area (Å²) < 4.78 is 22.8. The van der Waals surface area contributed by atoms with E-state index in [1.165, 1.54) is 0 Å². The fourth-order valence-corrected chi connectivity index (χ4v) is 3.83. The lowest BCUT2D eigenvalue weighted by Crippen LogP contribution is -2.22. The van der Waals surface area contributed by atoms with E-state index in [2.05, 4.69) is 10.6 Å². The lowest BCUT2D eigenvalue weighted by molar-refractivity contribution is -0.118. The number of ether oxygens (including phenoxy) is 4. The highest BCUT2D eigenvalue weighted by Crippen LogP contribution is 2.30.